The minimum atomic E-state index is 0.273. The molecule has 0 saturated carbocycles. The van der Waals surface area contributed by atoms with Crippen LogP contribution in [0.25, 0.3) is 16.7 Å². The molecule has 0 bridgehead atoms. The van der Waals surface area contributed by atoms with Crippen LogP contribution in [0.5, 0.6) is 0 Å². The Bertz CT molecular complexity index is 1020. The molecule has 1 aliphatic carbocycles. The van der Waals surface area contributed by atoms with E-state index in [2.05, 4.69) is 21.9 Å². The lowest BCUT2D eigenvalue weighted by molar-refractivity contribution is 0.120. The molecule has 5 rings (SSSR count). The molecule has 2 aliphatic rings. The van der Waals surface area contributed by atoms with Gasteiger partial charge >= 0.3 is 0 Å². The van der Waals surface area contributed by atoms with Crippen LogP contribution in [0.1, 0.15) is 42.4 Å². The molecule has 1 aliphatic heterocycles. The zero-order valence-electron chi connectivity index (χ0n) is 14.8. The molecular formula is C21H22N4O. The number of rotatable bonds is 3. The Morgan fingerprint density at radius 2 is 2.04 bits per heavy atom. The summed E-state index contributed by atoms with van der Waals surface area (Å²) in [5.41, 5.74) is 6.01. The van der Waals surface area contributed by atoms with Crippen molar-refractivity contribution in [3.8, 4) is 6.07 Å². The second-order valence-electron chi connectivity index (χ2n) is 7.28. The topological polar surface area (TPSA) is 62.3 Å². The zero-order valence-corrected chi connectivity index (χ0v) is 14.8. The first-order valence-electron chi connectivity index (χ1n) is 9.57. The number of aromatic nitrogens is 2. The van der Waals surface area contributed by atoms with Gasteiger partial charge in [-0.05, 0) is 61.8 Å². The average molecular weight is 346 g/mol. The molecule has 26 heavy (non-hydrogen) atoms. The van der Waals surface area contributed by atoms with Gasteiger partial charge in [0, 0.05) is 13.2 Å². The monoisotopic (exact) mass is 346 g/mol. The van der Waals surface area contributed by atoms with Crippen molar-refractivity contribution < 1.29 is 4.74 Å². The molecule has 1 N–H and O–H groups in total. The maximum absolute atomic E-state index is 9.87. The van der Waals surface area contributed by atoms with Crippen LogP contribution in [-0.4, -0.2) is 28.6 Å². The normalized spacial score (nSPS) is 19.6. The number of fused-ring (bicyclic) bond motifs is 4. The van der Waals surface area contributed by atoms with E-state index in [9.17, 15) is 5.26 Å². The second-order valence-corrected chi connectivity index (χ2v) is 7.28. The van der Waals surface area contributed by atoms with Crippen molar-refractivity contribution in [2.45, 2.75) is 44.6 Å². The van der Waals surface area contributed by atoms with Gasteiger partial charge in [0.1, 0.15) is 11.9 Å². The molecule has 2 aromatic heterocycles. The summed E-state index contributed by atoms with van der Waals surface area (Å²) in [5, 5.41) is 13.5. The summed E-state index contributed by atoms with van der Waals surface area (Å²) in [6, 6.07) is 10.6. The number of nitriles is 1. The number of hydrogen-bond donors (Lipinski definition) is 1. The van der Waals surface area contributed by atoms with E-state index < -0.39 is 0 Å². The number of para-hydroxylation sites is 2. The van der Waals surface area contributed by atoms with Gasteiger partial charge in [-0.25, -0.2) is 4.98 Å². The molecule has 1 aromatic carbocycles. The van der Waals surface area contributed by atoms with Crippen LogP contribution in [0.15, 0.2) is 24.3 Å². The van der Waals surface area contributed by atoms with Gasteiger partial charge in [0.2, 0.25) is 0 Å². The third-order valence-corrected chi connectivity index (χ3v) is 5.70. The van der Waals surface area contributed by atoms with Crippen molar-refractivity contribution in [3.05, 3.63) is 41.0 Å². The van der Waals surface area contributed by atoms with Crippen LogP contribution >= 0.6 is 0 Å². The Labute approximate surface area is 152 Å². The number of nitrogens with zero attached hydrogens (tertiary/aromatic N) is 3. The minimum absolute atomic E-state index is 0.273. The van der Waals surface area contributed by atoms with Gasteiger partial charge in [-0.15, -0.1) is 0 Å². The molecule has 132 valence electrons. The lowest BCUT2D eigenvalue weighted by atomic mass is 9.89. The van der Waals surface area contributed by atoms with Gasteiger partial charge in [0.15, 0.2) is 5.65 Å². The van der Waals surface area contributed by atoms with Crippen molar-refractivity contribution in [2.24, 2.45) is 0 Å². The minimum Gasteiger partial charge on any atom is -0.376 e. The van der Waals surface area contributed by atoms with E-state index in [4.69, 9.17) is 9.72 Å². The summed E-state index contributed by atoms with van der Waals surface area (Å²) in [5.74, 6) is 1.11. The Morgan fingerprint density at radius 1 is 1.19 bits per heavy atom. The highest BCUT2D eigenvalue weighted by Gasteiger charge is 2.25. The predicted octanol–water partition coefficient (Wildman–Crippen LogP) is 3.83. The fraction of sp³-hybridized carbons (Fsp3) is 0.429. The van der Waals surface area contributed by atoms with Crippen LogP contribution in [0.3, 0.4) is 0 Å². The smallest absolute Gasteiger partial charge is 0.157 e. The van der Waals surface area contributed by atoms with Crippen LogP contribution < -0.4 is 5.32 Å². The number of anilines is 1. The standard InChI is InChI=1S/C21H22N4O/c22-12-17-15-7-1-2-8-16(15)20(23-13-14-6-5-11-26-14)25-19-10-4-3-9-18(19)24-21(17)25/h3-4,9-10,14,23H,1-2,5-8,11,13H2. The largest absolute Gasteiger partial charge is 0.376 e. The molecule has 3 heterocycles. The molecule has 0 radical (unpaired) electrons. The quantitative estimate of drug-likeness (QED) is 0.783. The van der Waals surface area contributed by atoms with E-state index in [0.717, 1.165) is 73.3 Å². The summed E-state index contributed by atoms with van der Waals surface area (Å²) in [6.45, 7) is 1.67. The Morgan fingerprint density at radius 3 is 2.85 bits per heavy atom. The van der Waals surface area contributed by atoms with Gasteiger partial charge < -0.3 is 10.1 Å². The first-order valence-corrected chi connectivity index (χ1v) is 9.57. The van der Waals surface area contributed by atoms with Gasteiger partial charge in [0.25, 0.3) is 0 Å². The Hall–Kier alpha value is -2.58. The Kier molecular flexibility index (Phi) is 3.79. The molecular weight excluding hydrogens is 324 g/mol. The molecule has 1 unspecified atom stereocenters. The summed E-state index contributed by atoms with van der Waals surface area (Å²) in [4.78, 5) is 4.80. The third-order valence-electron chi connectivity index (χ3n) is 5.70. The van der Waals surface area contributed by atoms with E-state index in [1.807, 2.05) is 18.2 Å². The summed E-state index contributed by atoms with van der Waals surface area (Å²) >= 11 is 0. The number of pyridine rings is 1. The summed E-state index contributed by atoms with van der Waals surface area (Å²) in [6.07, 6.45) is 6.82. The highest BCUT2D eigenvalue weighted by atomic mass is 16.5. The Balaban J connectivity index is 1.75. The van der Waals surface area contributed by atoms with E-state index in [1.165, 1.54) is 17.5 Å². The number of benzene rings is 1. The van der Waals surface area contributed by atoms with E-state index >= 15 is 0 Å². The number of ether oxygens (including phenoxy) is 1. The third kappa shape index (κ3) is 2.37. The molecule has 1 saturated heterocycles. The van der Waals surface area contributed by atoms with E-state index in [1.54, 1.807) is 0 Å². The maximum Gasteiger partial charge on any atom is 0.157 e. The van der Waals surface area contributed by atoms with Crippen molar-refractivity contribution in [1.29, 1.82) is 5.26 Å². The van der Waals surface area contributed by atoms with Crippen LogP contribution in [0.4, 0.5) is 5.82 Å². The van der Waals surface area contributed by atoms with Crippen LogP contribution in [0, 0.1) is 11.3 Å². The average Bonchev–Trinajstić information content (AvgIpc) is 3.33. The lowest BCUT2D eigenvalue weighted by Gasteiger charge is -2.24. The first kappa shape index (κ1) is 15.7. The zero-order chi connectivity index (χ0) is 17.5. The lowest BCUT2D eigenvalue weighted by Crippen LogP contribution is -2.22. The fourth-order valence-corrected chi connectivity index (χ4v) is 4.45. The van der Waals surface area contributed by atoms with Crippen LogP contribution in [-0.2, 0) is 17.6 Å². The first-order chi connectivity index (χ1) is 12.9. The second kappa shape index (κ2) is 6.30. The van der Waals surface area contributed by atoms with Crippen molar-refractivity contribution in [3.63, 3.8) is 0 Å². The molecule has 5 heteroatoms. The molecule has 3 aromatic rings. The van der Waals surface area contributed by atoms with Gasteiger partial charge in [-0.1, -0.05) is 12.1 Å². The fourth-order valence-electron chi connectivity index (χ4n) is 4.45. The number of hydrogen-bond acceptors (Lipinski definition) is 4. The summed E-state index contributed by atoms with van der Waals surface area (Å²) in [7, 11) is 0. The number of nitrogens with one attached hydrogen (secondary N) is 1. The molecule has 0 amide bonds. The highest BCUT2D eigenvalue weighted by Crippen LogP contribution is 2.35. The van der Waals surface area contributed by atoms with Gasteiger partial charge in [-0.2, -0.15) is 5.26 Å². The molecule has 5 nitrogen and oxygen atoms in total. The van der Waals surface area contributed by atoms with Crippen molar-refractivity contribution in [1.82, 2.24) is 9.38 Å². The SMILES string of the molecule is N#Cc1c2c(c(NCC3CCCO3)n3c1nc1ccccc13)CCCC2. The van der Waals surface area contributed by atoms with Gasteiger partial charge in [0.05, 0.1) is 22.7 Å². The maximum atomic E-state index is 9.87. The molecule has 1 fully saturated rings. The van der Waals surface area contributed by atoms with E-state index in [-0.39, 0.29) is 6.10 Å². The van der Waals surface area contributed by atoms with Gasteiger partial charge in [-0.3, -0.25) is 4.40 Å². The van der Waals surface area contributed by atoms with E-state index in [0.29, 0.717) is 0 Å². The van der Waals surface area contributed by atoms with Crippen molar-refractivity contribution >= 4 is 22.5 Å². The molecule has 0 spiro atoms. The number of imidazole rings is 1. The summed E-state index contributed by atoms with van der Waals surface area (Å²) < 4.78 is 7.96. The van der Waals surface area contributed by atoms with Crippen molar-refractivity contribution in [2.75, 3.05) is 18.5 Å². The van der Waals surface area contributed by atoms with Crippen LogP contribution in [0.2, 0.25) is 0 Å². The molecule has 1 atom stereocenters. The predicted molar refractivity (Wildman–Crippen MR) is 102 cm³/mol. The highest BCUT2D eigenvalue weighted by molar-refractivity contribution is 5.86.